The second kappa shape index (κ2) is 9.22. The molecular formula is C25H34. The van der Waals surface area contributed by atoms with Gasteiger partial charge in [-0.25, -0.2) is 0 Å². The molecule has 0 radical (unpaired) electrons. The van der Waals surface area contributed by atoms with Crippen molar-refractivity contribution in [1.29, 1.82) is 0 Å². The predicted molar refractivity (Wildman–Crippen MR) is 112 cm³/mol. The lowest BCUT2D eigenvalue weighted by Crippen LogP contribution is -2.05. The minimum absolute atomic E-state index is 0.928. The molecule has 0 amide bonds. The van der Waals surface area contributed by atoms with Gasteiger partial charge in [-0.2, -0.15) is 0 Å². The molecule has 1 unspecified atom stereocenters. The molecule has 0 saturated carbocycles. The number of aryl methyl sites for hydroxylation is 1. The number of rotatable bonds is 8. The lowest BCUT2D eigenvalue weighted by molar-refractivity contribution is 0.428. The third kappa shape index (κ3) is 4.97. The van der Waals surface area contributed by atoms with Crippen molar-refractivity contribution in [2.24, 2.45) is 5.92 Å². The highest BCUT2D eigenvalue weighted by atomic mass is 14.2. The van der Waals surface area contributed by atoms with E-state index in [0.29, 0.717) is 0 Å². The summed E-state index contributed by atoms with van der Waals surface area (Å²) in [5.74, 6) is 0.928. The van der Waals surface area contributed by atoms with Gasteiger partial charge in [0.05, 0.1) is 0 Å². The fourth-order valence-corrected chi connectivity index (χ4v) is 4.13. The van der Waals surface area contributed by atoms with Gasteiger partial charge in [0.1, 0.15) is 0 Å². The van der Waals surface area contributed by atoms with Crippen molar-refractivity contribution >= 4 is 16.3 Å². The van der Waals surface area contributed by atoms with Crippen molar-refractivity contribution in [1.82, 2.24) is 0 Å². The smallest absolute Gasteiger partial charge is 0.0178 e. The molecular weight excluding hydrogens is 300 g/mol. The lowest BCUT2D eigenvalue weighted by Gasteiger charge is -2.22. The Balaban J connectivity index is 1.67. The molecule has 1 aliphatic carbocycles. The van der Waals surface area contributed by atoms with Crippen molar-refractivity contribution in [2.45, 2.75) is 78.1 Å². The Labute approximate surface area is 154 Å². The molecule has 0 bridgehead atoms. The van der Waals surface area contributed by atoms with E-state index in [2.05, 4.69) is 56.3 Å². The van der Waals surface area contributed by atoms with E-state index >= 15 is 0 Å². The Hall–Kier alpha value is -1.56. The molecule has 3 rings (SSSR count). The van der Waals surface area contributed by atoms with Gasteiger partial charge in [-0.05, 0) is 71.6 Å². The zero-order valence-corrected chi connectivity index (χ0v) is 16.2. The third-order valence-corrected chi connectivity index (χ3v) is 5.83. The van der Waals surface area contributed by atoms with Crippen LogP contribution in [-0.4, -0.2) is 0 Å². The summed E-state index contributed by atoms with van der Waals surface area (Å²) in [7, 11) is 0. The SMILES string of the molecule is CCCCCC1CC=C(c2ccc3cc(CCCC)ccc3c2)CC1. The first-order valence-electron chi connectivity index (χ1n) is 10.5. The molecule has 134 valence electrons. The second-order valence-corrected chi connectivity index (χ2v) is 7.87. The number of unbranched alkanes of at least 4 members (excludes halogenated alkanes) is 3. The van der Waals surface area contributed by atoms with Crippen LogP contribution < -0.4 is 0 Å². The Kier molecular flexibility index (Phi) is 6.73. The highest BCUT2D eigenvalue weighted by Gasteiger charge is 2.15. The molecule has 25 heavy (non-hydrogen) atoms. The van der Waals surface area contributed by atoms with Crippen LogP contribution in [0.25, 0.3) is 16.3 Å². The molecule has 0 spiro atoms. The van der Waals surface area contributed by atoms with Crippen LogP contribution in [0.15, 0.2) is 42.5 Å². The molecule has 0 aliphatic heterocycles. The quantitative estimate of drug-likeness (QED) is 0.430. The molecule has 2 aromatic rings. The summed E-state index contributed by atoms with van der Waals surface area (Å²) in [5, 5.41) is 2.79. The summed E-state index contributed by atoms with van der Waals surface area (Å²) in [6.45, 7) is 4.56. The molecule has 0 heterocycles. The molecule has 1 atom stereocenters. The summed E-state index contributed by atoms with van der Waals surface area (Å²) in [6, 6.07) is 14.1. The molecule has 0 aromatic heterocycles. The molecule has 1 aliphatic rings. The Morgan fingerprint density at radius 3 is 2.44 bits per heavy atom. The summed E-state index contributed by atoms with van der Waals surface area (Å²) in [4.78, 5) is 0. The van der Waals surface area contributed by atoms with Crippen molar-refractivity contribution in [3.8, 4) is 0 Å². The maximum absolute atomic E-state index is 2.52. The number of benzene rings is 2. The van der Waals surface area contributed by atoms with E-state index in [0.717, 1.165) is 5.92 Å². The van der Waals surface area contributed by atoms with Gasteiger partial charge in [-0.15, -0.1) is 0 Å². The van der Waals surface area contributed by atoms with Crippen LogP contribution in [0.1, 0.15) is 82.8 Å². The fourth-order valence-electron chi connectivity index (χ4n) is 4.13. The summed E-state index contributed by atoms with van der Waals surface area (Å²) >= 11 is 0. The summed E-state index contributed by atoms with van der Waals surface area (Å²) < 4.78 is 0. The average molecular weight is 335 g/mol. The van der Waals surface area contributed by atoms with Gasteiger partial charge in [0, 0.05) is 0 Å². The Bertz CT molecular complexity index is 707. The van der Waals surface area contributed by atoms with Gasteiger partial charge in [0.25, 0.3) is 0 Å². The van der Waals surface area contributed by atoms with Crippen LogP contribution >= 0.6 is 0 Å². The molecule has 0 saturated heterocycles. The molecule has 2 aromatic carbocycles. The number of hydrogen-bond donors (Lipinski definition) is 0. The van der Waals surface area contributed by atoms with Gasteiger partial charge in [-0.3, -0.25) is 0 Å². The molecule has 0 nitrogen and oxygen atoms in total. The largest absolute Gasteiger partial charge is 0.0804 e. The summed E-state index contributed by atoms with van der Waals surface area (Å²) in [5.41, 5.74) is 4.50. The van der Waals surface area contributed by atoms with E-state index in [-0.39, 0.29) is 0 Å². The first-order valence-corrected chi connectivity index (χ1v) is 10.5. The Morgan fingerprint density at radius 2 is 1.68 bits per heavy atom. The molecule has 0 fully saturated rings. The zero-order chi connectivity index (χ0) is 17.5. The minimum Gasteiger partial charge on any atom is -0.0804 e. The van der Waals surface area contributed by atoms with E-state index in [1.54, 1.807) is 5.57 Å². The van der Waals surface area contributed by atoms with Crippen LogP contribution in [0.5, 0.6) is 0 Å². The molecule has 0 heteroatoms. The van der Waals surface area contributed by atoms with Gasteiger partial charge in [-0.1, -0.05) is 82.4 Å². The van der Waals surface area contributed by atoms with Crippen molar-refractivity contribution < 1.29 is 0 Å². The van der Waals surface area contributed by atoms with E-state index in [4.69, 9.17) is 0 Å². The van der Waals surface area contributed by atoms with E-state index in [9.17, 15) is 0 Å². The van der Waals surface area contributed by atoms with Gasteiger partial charge in [0.2, 0.25) is 0 Å². The number of fused-ring (bicyclic) bond motifs is 1. The number of allylic oxidation sites excluding steroid dienone is 2. The Morgan fingerprint density at radius 1 is 0.880 bits per heavy atom. The maximum Gasteiger partial charge on any atom is -0.0178 e. The van der Waals surface area contributed by atoms with Gasteiger partial charge >= 0.3 is 0 Å². The van der Waals surface area contributed by atoms with E-state index in [1.807, 2.05) is 0 Å². The predicted octanol–water partition coefficient (Wildman–Crippen LogP) is 7.95. The minimum atomic E-state index is 0.928. The first kappa shape index (κ1) is 18.2. The van der Waals surface area contributed by atoms with E-state index in [1.165, 1.54) is 86.1 Å². The monoisotopic (exact) mass is 334 g/mol. The zero-order valence-electron chi connectivity index (χ0n) is 16.2. The van der Waals surface area contributed by atoms with Crippen molar-refractivity contribution in [3.05, 3.63) is 53.6 Å². The first-order chi connectivity index (χ1) is 12.3. The van der Waals surface area contributed by atoms with Crippen LogP contribution in [0.2, 0.25) is 0 Å². The van der Waals surface area contributed by atoms with E-state index < -0.39 is 0 Å². The second-order valence-electron chi connectivity index (χ2n) is 7.87. The van der Waals surface area contributed by atoms with Gasteiger partial charge in [0.15, 0.2) is 0 Å². The normalized spacial score (nSPS) is 17.7. The van der Waals surface area contributed by atoms with Crippen molar-refractivity contribution in [3.63, 3.8) is 0 Å². The fraction of sp³-hybridized carbons (Fsp3) is 0.520. The number of hydrogen-bond acceptors (Lipinski definition) is 0. The van der Waals surface area contributed by atoms with Crippen molar-refractivity contribution in [2.75, 3.05) is 0 Å². The highest BCUT2D eigenvalue weighted by Crippen LogP contribution is 2.34. The molecule has 0 N–H and O–H groups in total. The average Bonchev–Trinajstić information content (AvgIpc) is 2.66. The third-order valence-electron chi connectivity index (χ3n) is 5.83. The van der Waals surface area contributed by atoms with Gasteiger partial charge < -0.3 is 0 Å². The van der Waals surface area contributed by atoms with Crippen LogP contribution in [0.3, 0.4) is 0 Å². The maximum atomic E-state index is 2.52. The lowest BCUT2D eigenvalue weighted by atomic mass is 9.83. The topological polar surface area (TPSA) is 0 Å². The van der Waals surface area contributed by atoms with Crippen LogP contribution in [-0.2, 0) is 6.42 Å². The standard InChI is InChI=1S/C25H34/c1-3-5-7-9-20-10-13-22(14-11-20)24-17-16-23-18-21(8-6-4-2)12-15-25(23)19-24/h12-13,15-20H,3-11,14H2,1-2H3. The van der Waals surface area contributed by atoms with Crippen LogP contribution in [0.4, 0.5) is 0 Å². The van der Waals surface area contributed by atoms with Crippen LogP contribution in [0, 0.1) is 5.92 Å². The summed E-state index contributed by atoms with van der Waals surface area (Å²) in [6.07, 6.45) is 15.8. The highest BCUT2D eigenvalue weighted by molar-refractivity contribution is 5.87.